The van der Waals surface area contributed by atoms with Crippen molar-refractivity contribution in [1.82, 2.24) is 24.8 Å². The zero-order chi connectivity index (χ0) is 21.6. The van der Waals surface area contributed by atoms with Gasteiger partial charge in [0.1, 0.15) is 5.82 Å². The molecule has 0 saturated heterocycles. The van der Waals surface area contributed by atoms with Gasteiger partial charge in [-0.3, -0.25) is 4.98 Å². The predicted octanol–water partition coefficient (Wildman–Crippen LogP) is 5.09. The highest BCUT2D eigenvalue weighted by Gasteiger charge is 2.34. The standard InChI is InChI=1S/C22H13F4N5/c23-17-5-4-15(12-16(17)22(24,25)26)19-7-8-20-28-29-21(31(20)30-19)11-13-3-6-18-14(10-13)2-1-9-27-18/h1-10,12H,11H2. The fourth-order valence-electron chi connectivity index (χ4n) is 3.42. The van der Waals surface area contributed by atoms with Gasteiger partial charge in [0.15, 0.2) is 11.5 Å². The quantitative estimate of drug-likeness (QED) is 0.380. The van der Waals surface area contributed by atoms with Gasteiger partial charge in [0.05, 0.1) is 16.8 Å². The first-order valence-corrected chi connectivity index (χ1v) is 9.30. The number of alkyl halides is 3. The first-order chi connectivity index (χ1) is 14.9. The number of pyridine rings is 1. The van der Waals surface area contributed by atoms with Gasteiger partial charge in [-0.25, -0.2) is 4.39 Å². The summed E-state index contributed by atoms with van der Waals surface area (Å²) in [7, 11) is 0. The van der Waals surface area contributed by atoms with Crippen LogP contribution in [0.5, 0.6) is 0 Å². The molecule has 0 amide bonds. The van der Waals surface area contributed by atoms with Gasteiger partial charge in [-0.1, -0.05) is 12.1 Å². The molecule has 0 atom stereocenters. The minimum atomic E-state index is -4.79. The predicted molar refractivity (Wildman–Crippen MR) is 106 cm³/mol. The molecule has 0 radical (unpaired) electrons. The average Bonchev–Trinajstić information content (AvgIpc) is 3.15. The van der Waals surface area contributed by atoms with E-state index in [2.05, 4.69) is 20.3 Å². The Bertz CT molecular complexity index is 1420. The summed E-state index contributed by atoms with van der Waals surface area (Å²) in [4.78, 5) is 4.29. The van der Waals surface area contributed by atoms with Gasteiger partial charge in [0.25, 0.3) is 0 Å². The smallest absolute Gasteiger partial charge is 0.256 e. The maximum atomic E-state index is 13.6. The van der Waals surface area contributed by atoms with E-state index in [4.69, 9.17) is 0 Å². The summed E-state index contributed by atoms with van der Waals surface area (Å²) in [5.41, 5.74) is 1.35. The highest BCUT2D eigenvalue weighted by Crippen LogP contribution is 2.34. The molecule has 0 saturated carbocycles. The van der Waals surface area contributed by atoms with Crippen molar-refractivity contribution in [2.24, 2.45) is 0 Å². The largest absolute Gasteiger partial charge is 0.419 e. The van der Waals surface area contributed by atoms with Crippen LogP contribution >= 0.6 is 0 Å². The van der Waals surface area contributed by atoms with E-state index in [0.717, 1.165) is 28.6 Å². The van der Waals surface area contributed by atoms with Gasteiger partial charge in [-0.05, 0) is 54.1 Å². The lowest BCUT2D eigenvalue weighted by Crippen LogP contribution is -2.08. The van der Waals surface area contributed by atoms with E-state index >= 15 is 0 Å². The molecule has 3 aromatic heterocycles. The van der Waals surface area contributed by atoms with Crippen LogP contribution in [0, 0.1) is 5.82 Å². The monoisotopic (exact) mass is 423 g/mol. The number of rotatable bonds is 3. The van der Waals surface area contributed by atoms with Crippen LogP contribution in [-0.2, 0) is 12.6 Å². The fourth-order valence-corrected chi connectivity index (χ4v) is 3.42. The molecular weight excluding hydrogens is 410 g/mol. The molecule has 0 aliphatic carbocycles. The Kier molecular flexibility index (Phi) is 4.39. The van der Waals surface area contributed by atoms with Crippen molar-refractivity contribution in [3.05, 3.63) is 89.6 Å². The van der Waals surface area contributed by atoms with Gasteiger partial charge in [0, 0.05) is 23.6 Å². The molecule has 5 nitrogen and oxygen atoms in total. The second kappa shape index (κ2) is 7.12. The Morgan fingerprint density at radius 2 is 1.77 bits per heavy atom. The Balaban J connectivity index is 1.54. The van der Waals surface area contributed by atoms with Crippen molar-refractivity contribution >= 4 is 16.6 Å². The molecule has 0 bridgehead atoms. The average molecular weight is 423 g/mol. The zero-order valence-corrected chi connectivity index (χ0v) is 15.8. The number of nitrogens with zero attached hydrogens (tertiary/aromatic N) is 5. The van der Waals surface area contributed by atoms with E-state index in [1.807, 2.05) is 30.3 Å². The molecule has 0 aliphatic rings. The van der Waals surface area contributed by atoms with Gasteiger partial charge in [-0.2, -0.15) is 22.8 Å². The normalized spacial score (nSPS) is 12.0. The molecule has 0 fully saturated rings. The summed E-state index contributed by atoms with van der Waals surface area (Å²) in [6, 6.07) is 15.6. The highest BCUT2D eigenvalue weighted by molar-refractivity contribution is 5.79. The summed E-state index contributed by atoms with van der Waals surface area (Å²) >= 11 is 0. The third-order valence-electron chi connectivity index (χ3n) is 4.92. The number of hydrogen-bond acceptors (Lipinski definition) is 4. The molecule has 31 heavy (non-hydrogen) atoms. The summed E-state index contributed by atoms with van der Waals surface area (Å²) < 4.78 is 54.3. The lowest BCUT2D eigenvalue weighted by atomic mass is 10.1. The number of halogens is 4. The Labute approximate surface area is 173 Å². The molecular formula is C22H13F4N5. The third-order valence-corrected chi connectivity index (χ3v) is 4.92. The van der Waals surface area contributed by atoms with Crippen LogP contribution in [-0.4, -0.2) is 24.8 Å². The van der Waals surface area contributed by atoms with Gasteiger partial charge in [0.2, 0.25) is 0 Å². The van der Waals surface area contributed by atoms with Crippen molar-refractivity contribution in [3.63, 3.8) is 0 Å². The van der Waals surface area contributed by atoms with Crippen LogP contribution < -0.4 is 0 Å². The lowest BCUT2D eigenvalue weighted by molar-refractivity contribution is -0.139. The molecule has 154 valence electrons. The minimum absolute atomic E-state index is 0.145. The Morgan fingerprint density at radius 1 is 0.903 bits per heavy atom. The summed E-state index contributed by atoms with van der Waals surface area (Å²) in [5.74, 6) is -0.800. The second-order valence-electron chi connectivity index (χ2n) is 7.00. The summed E-state index contributed by atoms with van der Waals surface area (Å²) in [5, 5.41) is 13.6. The van der Waals surface area contributed by atoms with E-state index in [9.17, 15) is 17.6 Å². The fraction of sp³-hybridized carbons (Fsp3) is 0.0909. The minimum Gasteiger partial charge on any atom is -0.256 e. The number of hydrogen-bond donors (Lipinski definition) is 0. The van der Waals surface area contributed by atoms with Crippen LogP contribution in [0.15, 0.2) is 66.9 Å². The topological polar surface area (TPSA) is 56.0 Å². The van der Waals surface area contributed by atoms with Gasteiger partial charge >= 0.3 is 6.18 Å². The van der Waals surface area contributed by atoms with Crippen molar-refractivity contribution in [3.8, 4) is 11.3 Å². The Hall–Kier alpha value is -3.88. The molecule has 9 heteroatoms. The van der Waals surface area contributed by atoms with Gasteiger partial charge in [-0.15, -0.1) is 10.2 Å². The molecule has 0 unspecified atom stereocenters. The zero-order valence-electron chi connectivity index (χ0n) is 15.8. The van der Waals surface area contributed by atoms with Crippen LogP contribution in [0.25, 0.3) is 27.8 Å². The maximum absolute atomic E-state index is 13.6. The van der Waals surface area contributed by atoms with Crippen LogP contribution in [0.1, 0.15) is 17.0 Å². The van der Waals surface area contributed by atoms with Crippen molar-refractivity contribution < 1.29 is 17.6 Å². The van der Waals surface area contributed by atoms with E-state index in [0.29, 0.717) is 17.9 Å². The Morgan fingerprint density at radius 3 is 2.61 bits per heavy atom. The van der Waals surface area contributed by atoms with Crippen LogP contribution in [0.3, 0.4) is 0 Å². The molecule has 2 aromatic carbocycles. The highest BCUT2D eigenvalue weighted by atomic mass is 19.4. The first-order valence-electron chi connectivity index (χ1n) is 9.30. The van der Waals surface area contributed by atoms with E-state index in [-0.39, 0.29) is 11.3 Å². The van der Waals surface area contributed by atoms with Crippen LogP contribution in [0.2, 0.25) is 0 Å². The lowest BCUT2D eigenvalue weighted by Gasteiger charge is -2.10. The maximum Gasteiger partial charge on any atom is 0.419 e. The summed E-state index contributed by atoms with van der Waals surface area (Å²) in [6.07, 6.45) is -2.66. The molecule has 5 rings (SSSR count). The SMILES string of the molecule is Fc1ccc(-c2ccc3nnc(Cc4ccc5ncccc5c4)n3n2)cc1C(F)(F)F. The molecule has 0 spiro atoms. The summed E-state index contributed by atoms with van der Waals surface area (Å²) in [6.45, 7) is 0. The van der Waals surface area contributed by atoms with E-state index in [1.165, 1.54) is 16.6 Å². The number of benzene rings is 2. The second-order valence-corrected chi connectivity index (χ2v) is 7.00. The molecule has 5 aromatic rings. The van der Waals surface area contributed by atoms with E-state index < -0.39 is 17.6 Å². The third kappa shape index (κ3) is 3.58. The molecule has 3 heterocycles. The number of fused-ring (bicyclic) bond motifs is 2. The number of aromatic nitrogens is 5. The molecule has 0 aliphatic heterocycles. The molecule has 0 N–H and O–H groups in total. The first kappa shape index (κ1) is 19.1. The van der Waals surface area contributed by atoms with E-state index in [1.54, 1.807) is 12.3 Å². The van der Waals surface area contributed by atoms with Gasteiger partial charge < -0.3 is 0 Å². The van der Waals surface area contributed by atoms with Crippen LogP contribution in [0.4, 0.5) is 17.6 Å². The van der Waals surface area contributed by atoms with Crippen molar-refractivity contribution in [2.75, 3.05) is 0 Å². The van der Waals surface area contributed by atoms with Crippen molar-refractivity contribution in [1.29, 1.82) is 0 Å². The van der Waals surface area contributed by atoms with Crippen molar-refractivity contribution in [2.45, 2.75) is 12.6 Å².